The van der Waals surface area contributed by atoms with Crippen molar-refractivity contribution in [3.05, 3.63) is 59.0 Å². The molecule has 8 heteroatoms. The van der Waals surface area contributed by atoms with Crippen LogP contribution in [0.2, 0.25) is 5.02 Å². The first-order chi connectivity index (χ1) is 13.5. The Morgan fingerprint density at radius 3 is 2.50 bits per heavy atom. The maximum atomic E-state index is 12.1. The lowest BCUT2D eigenvalue weighted by Gasteiger charge is -2.12. The van der Waals surface area contributed by atoms with Gasteiger partial charge in [0, 0.05) is 30.1 Å². The van der Waals surface area contributed by atoms with E-state index in [1.165, 1.54) is 27.4 Å². The second kappa shape index (κ2) is 8.67. The second-order valence-corrected chi connectivity index (χ2v) is 6.17. The number of aromatic nitrogens is 2. The molecule has 0 radical (unpaired) electrons. The van der Waals surface area contributed by atoms with Crippen molar-refractivity contribution in [1.29, 1.82) is 0 Å². The van der Waals surface area contributed by atoms with E-state index < -0.39 is 5.97 Å². The first-order valence-corrected chi connectivity index (χ1v) is 8.70. The minimum absolute atomic E-state index is 0.0472. The van der Waals surface area contributed by atoms with E-state index in [0.717, 1.165) is 5.65 Å². The summed E-state index contributed by atoms with van der Waals surface area (Å²) in [5, 5.41) is 0.597. The zero-order valence-electron chi connectivity index (χ0n) is 15.6. The van der Waals surface area contributed by atoms with E-state index in [1.807, 2.05) is 0 Å². The summed E-state index contributed by atoms with van der Waals surface area (Å²) in [6.07, 6.45) is 6.40. The molecule has 0 amide bonds. The Hall–Kier alpha value is -3.19. The topological polar surface area (TPSA) is 71.3 Å². The maximum absolute atomic E-state index is 12.1. The van der Waals surface area contributed by atoms with Gasteiger partial charge in [0.1, 0.15) is 18.0 Å². The molecule has 0 atom stereocenters. The lowest BCUT2D eigenvalue weighted by atomic mass is 10.1. The molecule has 0 unspecified atom stereocenters. The number of carbonyl (C=O) groups is 1. The van der Waals surface area contributed by atoms with E-state index in [4.69, 9.17) is 30.5 Å². The standard InChI is InChI=1S/C20H19ClN2O5/c1-25-16-9-18(27-3)17(26-2)8-13(16)4-7-20(24)28-12-15-11-23-10-14(21)5-6-19(23)22-15/h4-11H,12H2,1-3H3/b7-4+. The van der Waals surface area contributed by atoms with E-state index in [2.05, 4.69) is 4.98 Å². The summed E-state index contributed by atoms with van der Waals surface area (Å²) in [6.45, 7) is 0.0472. The van der Waals surface area contributed by atoms with Crippen molar-refractivity contribution >= 4 is 29.3 Å². The van der Waals surface area contributed by atoms with Crippen molar-refractivity contribution in [3.8, 4) is 17.2 Å². The number of hydrogen-bond acceptors (Lipinski definition) is 6. The maximum Gasteiger partial charge on any atom is 0.331 e. The van der Waals surface area contributed by atoms with Crippen molar-refractivity contribution in [2.45, 2.75) is 6.61 Å². The quantitative estimate of drug-likeness (QED) is 0.442. The molecular weight excluding hydrogens is 384 g/mol. The molecule has 0 fully saturated rings. The largest absolute Gasteiger partial charge is 0.496 e. The lowest BCUT2D eigenvalue weighted by molar-refractivity contribution is -0.139. The highest BCUT2D eigenvalue weighted by Gasteiger charge is 2.11. The van der Waals surface area contributed by atoms with Crippen LogP contribution in [0, 0.1) is 0 Å². The fraction of sp³-hybridized carbons (Fsp3) is 0.200. The lowest BCUT2D eigenvalue weighted by Crippen LogP contribution is -2.01. The van der Waals surface area contributed by atoms with Crippen LogP contribution in [0.3, 0.4) is 0 Å². The van der Waals surface area contributed by atoms with Crippen LogP contribution in [-0.2, 0) is 16.1 Å². The number of imidazole rings is 1. The van der Waals surface area contributed by atoms with Crippen molar-refractivity contribution in [3.63, 3.8) is 0 Å². The van der Waals surface area contributed by atoms with Crippen LogP contribution in [0.25, 0.3) is 11.7 Å². The molecule has 28 heavy (non-hydrogen) atoms. The fourth-order valence-corrected chi connectivity index (χ4v) is 2.79. The van der Waals surface area contributed by atoms with Crippen molar-refractivity contribution in [1.82, 2.24) is 9.38 Å². The SMILES string of the molecule is COc1cc(OC)c(OC)cc1/C=C/C(=O)OCc1cn2cc(Cl)ccc2n1. The fourth-order valence-electron chi connectivity index (χ4n) is 2.62. The summed E-state index contributed by atoms with van der Waals surface area (Å²) in [5.41, 5.74) is 1.99. The number of rotatable bonds is 7. The minimum atomic E-state index is -0.507. The Kier molecular flexibility index (Phi) is 6.06. The summed E-state index contributed by atoms with van der Waals surface area (Å²) in [7, 11) is 4.61. The first-order valence-electron chi connectivity index (χ1n) is 8.32. The van der Waals surface area contributed by atoms with E-state index in [9.17, 15) is 4.79 Å². The van der Waals surface area contributed by atoms with Crippen LogP contribution < -0.4 is 14.2 Å². The Balaban J connectivity index is 1.69. The van der Waals surface area contributed by atoms with E-state index in [1.54, 1.807) is 47.1 Å². The number of halogens is 1. The minimum Gasteiger partial charge on any atom is -0.496 e. The molecule has 0 saturated carbocycles. The number of fused-ring (bicyclic) bond motifs is 1. The summed E-state index contributed by atoms with van der Waals surface area (Å²) in [6, 6.07) is 6.94. The Labute approximate surface area is 167 Å². The Bertz CT molecular complexity index is 1030. The summed E-state index contributed by atoms with van der Waals surface area (Å²) >= 11 is 5.95. The summed E-state index contributed by atoms with van der Waals surface area (Å²) in [5.74, 6) is 1.09. The third-order valence-corrected chi connectivity index (χ3v) is 4.19. The number of hydrogen-bond donors (Lipinski definition) is 0. The molecule has 2 aromatic heterocycles. The molecule has 2 heterocycles. The zero-order chi connectivity index (χ0) is 20.1. The highest BCUT2D eigenvalue weighted by atomic mass is 35.5. The molecule has 3 aromatic rings. The Morgan fingerprint density at radius 2 is 1.79 bits per heavy atom. The highest BCUT2D eigenvalue weighted by Crippen LogP contribution is 2.35. The monoisotopic (exact) mass is 402 g/mol. The second-order valence-electron chi connectivity index (χ2n) is 5.74. The summed E-state index contributed by atoms with van der Waals surface area (Å²) < 4.78 is 22.9. The zero-order valence-corrected chi connectivity index (χ0v) is 16.4. The third kappa shape index (κ3) is 4.37. The van der Waals surface area contributed by atoms with Crippen LogP contribution in [0.15, 0.2) is 42.7 Å². The highest BCUT2D eigenvalue weighted by molar-refractivity contribution is 6.30. The number of esters is 1. The number of nitrogens with zero attached hydrogens (tertiary/aromatic N) is 2. The van der Waals surface area contributed by atoms with Crippen molar-refractivity contribution < 1.29 is 23.7 Å². The van der Waals surface area contributed by atoms with Crippen LogP contribution in [0.1, 0.15) is 11.3 Å². The van der Waals surface area contributed by atoms with Gasteiger partial charge in [0.05, 0.1) is 32.0 Å². The number of ether oxygens (including phenoxy) is 4. The van der Waals surface area contributed by atoms with Gasteiger partial charge < -0.3 is 23.3 Å². The molecule has 7 nitrogen and oxygen atoms in total. The molecule has 0 aliphatic heterocycles. The average molecular weight is 403 g/mol. The van der Waals surface area contributed by atoms with E-state index in [-0.39, 0.29) is 6.61 Å². The molecule has 0 aliphatic rings. The molecule has 0 saturated heterocycles. The van der Waals surface area contributed by atoms with Gasteiger partial charge in [0.15, 0.2) is 11.5 Å². The number of carbonyl (C=O) groups excluding carboxylic acids is 1. The van der Waals surface area contributed by atoms with Gasteiger partial charge in [-0.2, -0.15) is 0 Å². The van der Waals surface area contributed by atoms with Gasteiger partial charge in [-0.3, -0.25) is 0 Å². The molecule has 0 spiro atoms. The molecule has 0 aliphatic carbocycles. The normalized spacial score (nSPS) is 11.0. The van der Waals surface area contributed by atoms with Gasteiger partial charge in [0.25, 0.3) is 0 Å². The molecule has 0 bridgehead atoms. The van der Waals surface area contributed by atoms with Crippen LogP contribution >= 0.6 is 11.6 Å². The molecular formula is C20H19ClN2O5. The number of methoxy groups -OCH3 is 3. The predicted octanol–water partition coefficient (Wildman–Crippen LogP) is 3.77. The average Bonchev–Trinajstić information content (AvgIpc) is 3.11. The van der Waals surface area contributed by atoms with Crippen molar-refractivity contribution in [2.24, 2.45) is 0 Å². The van der Waals surface area contributed by atoms with Crippen LogP contribution in [-0.4, -0.2) is 36.7 Å². The molecule has 3 rings (SSSR count). The van der Waals surface area contributed by atoms with E-state index in [0.29, 0.717) is 33.5 Å². The molecule has 146 valence electrons. The smallest absolute Gasteiger partial charge is 0.331 e. The van der Waals surface area contributed by atoms with Gasteiger partial charge in [-0.15, -0.1) is 0 Å². The Morgan fingerprint density at radius 1 is 1.07 bits per heavy atom. The van der Waals surface area contributed by atoms with Gasteiger partial charge >= 0.3 is 5.97 Å². The van der Waals surface area contributed by atoms with Gasteiger partial charge in [-0.1, -0.05) is 11.6 Å². The predicted molar refractivity (Wildman–Crippen MR) is 105 cm³/mol. The summed E-state index contributed by atoms with van der Waals surface area (Å²) in [4.78, 5) is 16.4. The first kappa shape index (κ1) is 19.6. The third-order valence-electron chi connectivity index (χ3n) is 3.96. The van der Waals surface area contributed by atoms with Gasteiger partial charge in [0.2, 0.25) is 0 Å². The molecule has 0 N–H and O–H groups in total. The number of pyridine rings is 1. The van der Waals surface area contributed by atoms with Gasteiger partial charge in [-0.05, 0) is 24.3 Å². The molecule has 1 aromatic carbocycles. The van der Waals surface area contributed by atoms with Crippen LogP contribution in [0.5, 0.6) is 17.2 Å². The van der Waals surface area contributed by atoms with Gasteiger partial charge in [-0.25, -0.2) is 9.78 Å². The van der Waals surface area contributed by atoms with E-state index >= 15 is 0 Å². The van der Waals surface area contributed by atoms with Crippen molar-refractivity contribution in [2.75, 3.05) is 21.3 Å². The van der Waals surface area contributed by atoms with Crippen LogP contribution in [0.4, 0.5) is 0 Å². The number of benzene rings is 1.